The lowest BCUT2D eigenvalue weighted by molar-refractivity contribution is -0.137. The number of anilines is 1. The van der Waals surface area contributed by atoms with Crippen LogP contribution in [0.1, 0.15) is 50.0 Å². The Bertz CT molecular complexity index is 1370. The van der Waals surface area contributed by atoms with E-state index in [4.69, 9.17) is 11.6 Å². The number of halogens is 4. The zero-order valence-corrected chi connectivity index (χ0v) is 19.5. The zero-order valence-electron chi connectivity index (χ0n) is 17.9. The van der Waals surface area contributed by atoms with Gasteiger partial charge in [0.1, 0.15) is 16.9 Å². The van der Waals surface area contributed by atoms with Crippen molar-refractivity contribution >= 4 is 40.3 Å². The van der Waals surface area contributed by atoms with Crippen LogP contribution in [0.25, 0.3) is 11.3 Å². The maximum atomic E-state index is 13.1. The number of amides is 1. The van der Waals surface area contributed by atoms with Crippen LogP contribution in [0.4, 0.5) is 18.9 Å². The van der Waals surface area contributed by atoms with Gasteiger partial charge in [0.05, 0.1) is 33.7 Å². The monoisotopic (exact) mass is 520 g/mol. The molecule has 0 aliphatic carbocycles. The molecule has 2 N–H and O–H groups in total. The number of Topliss-reactive ketones (excluding diaryl/α,β-unsaturated/α-hetero) is 1. The van der Waals surface area contributed by atoms with Crippen molar-refractivity contribution in [3.05, 3.63) is 75.3 Å². The van der Waals surface area contributed by atoms with E-state index in [2.05, 4.69) is 30.5 Å². The molecule has 0 fully saturated rings. The van der Waals surface area contributed by atoms with Gasteiger partial charge in [0.15, 0.2) is 5.78 Å². The second kappa shape index (κ2) is 9.92. The summed E-state index contributed by atoms with van der Waals surface area (Å²) in [6.07, 6.45) is 1.28. The van der Waals surface area contributed by atoms with E-state index in [-0.39, 0.29) is 34.4 Å². The van der Waals surface area contributed by atoms with Crippen molar-refractivity contribution in [3.8, 4) is 11.3 Å². The summed E-state index contributed by atoms with van der Waals surface area (Å²) < 4.78 is 39.2. The fraction of sp³-hybridized carbons (Fsp3) is 0.182. The number of aromatic amines is 1. The van der Waals surface area contributed by atoms with Crippen molar-refractivity contribution in [3.63, 3.8) is 0 Å². The minimum Gasteiger partial charge on any atom is -0.321 e. The van der Waals surface area contributed by atoms with Crippen LogP contribution in [-0.4, -0.2) is 36.8 Å². The third-order valence-corrected chi connectivity index (χ3v) is 6.49. The topological polar surface area (TPSA) is 114 Å². The summed E-state index contributed by atoms with van der Waals surface area (Å²) in [6, 6.07) is 4.68. The SMILES string of the molecule is CC(CC(=O)c1cc(-c2cn[nH]c2)ncn1)c1ncc(C(=O)Nc2ccc(Cl)c(C(F)(F)F)c2)s1. The third-order valence-electron chi connectivity index (χ3n) is 4.94. The first-order chi connectivity index (χ1) is 16.6. The number of nitrogens with one attached hydrogen (secondary N) is 2. The van der Waals surface area contributed by atoms with Gasteiger partial charge in [0.2, 0.25) is 0 Å². The number of thiazole rings is 1. The lowest BCUT2D eigenvalue weighted by Crippen LogP contribution is -2.12. The van der Waals surface area contributed by atoms with Crippen LogP contribution in [-0.2, 0) is 6.18 Å². The summed E-state index contributed by atoms with van der Waals surface area (Å²) in [6.45, 7) is 1.78. The van der Waals surface area contributed by atoms with Crippen LogP contribution in [0.2, 0.25) is 5.02 Å². The molecule has 3 heterocycles. The predicted octanol–water partition coefficient (Wildman–Crippen LogP) is 5.62. The molecule has 35 heavy (non-hydrogen) atoms. The normalized spacial score (nSPS) is 12.4. The van der Waals surface area contributed by atoms with Crippen LogP contribution in [0.3, 0.4) is 0 Å². The number of carbonyl (C=O) groups is 2. The third kappa shape index (κ3) is 5.72. The Morgan fingerprint density at radius 3 is 2.69 bits per heavy atom. The van der Waals surface area contributed by atoms with Crippen LogP contribution in [0.5, 0.6) is 0 Å². The molecule has 1 aromatic carbocycles. The van der Waals surface area contributed by atoms with Gasteiger partial charge in [0.25, 0.3) is 5.91 Å². The van der Waals surface area contributed by atoms with E-state index < -0.39 is 22.7 Å². The van der Waals surface area contributed by atoms with Crippen molar-refractivity contribution in [2.24, 2.45) is 0 Å². The number of H-pyrrole nitrogens is 1. The summed E-state index contributed by atoms with van der Waals surface area (Å²) in [5, 5.41) is 9.02. The standard InChI is InChI=1S/C22H16ClF3N6O2S/c1-11(4-18(33)17-6-16(28-10-29-17)12-7-30-31-8-12)21-27-9-19(35-21)20(34)32-13-2-3-15(23)14(5-13)22(24,25)26/h2-3,5-11H,4H2,1H3,(H,30,31)(H,32,34). The number of alkyl halides is 3. The Morgan fingerprint density at radius 2 is 1.97 bits per heavy atom. The molecule has 3 aromatic heterocycles. The minimum atomic E-state index is -4.65. The number of aromatic nitrogens is 5. The fourth-order valence-corrected chi connectivity index (χ4v) is 4.25. The van der Waals surface area contributed by atoms with Gasteiger partial charge in [-0.1, -0.05) is 18.5 Å². The molecule has 0 saturated heterocycles. The molecule has 8 nitrogen and oxygen atoms in total. The maximum absolute atomic E-state index is 13.1. The van der Waals surface area contributed by atoms with Gasteiger partial charge in [-0.05, 0) is 24.3 Å². The van der Waals surface area contributed by atoms with Gasteiger partial charge in [-0.15, -0.1) is 11.3 Å². The Morgan fingerprint density at radius 1 is 1.17 bits per heavy atom. The Labute approximate surface area is 205 Å². The van der Waals surface area contributed by atoms with E-state index in [9.17, 15) is 22.8 Å². The maximum Gasteiger partial charge on any atom is 0.417 e. The lowest BCUT2D eigenvalue weighted by Gasteiger charge is -2.11. The molecule has 0 bridgehead atoms. The highest BCUT2D eigenvalue weighted by molar-refractivity contribution is 7.13. The largest absolute Gasteiger partial charge is 0.417 e. The van der Waals surface area contributed by atoms with E-state index in [0.717, 1.165) is 23.5 Å². The van der Waals surface area contributed by atoms with Crippen LogP contribution < -0.4 is 5.32 Å². The molecule has 0 radical (unpaired) electrons. The highest BCUT2D eigenvalue weighted by atomic mass is 35.5. The molecule has 1 atom stereocenters. The molecule has 0 aliphatic rings. The molecule has 180 valence electrons. The van der Waals surface area contributed by atoms with Crippen molar-refractivity contribution in [1.82, 2.24) is 25.1 Å². The average molecular weight is 521 g/mol. The summed E-state index contributed by atoms with van der Waals surface area (Å²) in [7, 11) is 0. The molecule has 0 aliphatic heterocycles. The number of ketones is 1. The minimum absolute atomic E-state index is 0.0536. The number of hydrogen-bond acceptors (Lipinski definition) is 7. The summed E-state index contributed by atoms with van der Waals surface area (Å²) in [5.41, 5.74) is 0.402. The number of nitrogens with zero attached hydrogens (tertiary/aromatic N) is 4. The molecular formula is C22H16ClF3N6O2S. The Balaban J connectivity index is 1.42. The number of carbonyl (C=O) groups excluding carboxylic acids is 2. The summed E-state index contributed by atoms with van der Waals surface area (Å²) in [5.74, 6) is -1.18. The smallest absolute Gasteiger partial charge is 0.321 e. The van der Waals surface area contributed by atoms with E-state index in [0.29, 0.717) is 16.3 Å². The predicted molar refractivity (Wildman–Crippen MR) is 123 cm³/mol. The Hall–Kier alpha value is -3.64. The van der Waals surface area contributed by atoms with Gasteiger partial charge < -0.3 is 5.32 Å². The molecule has 13 heteroatoms. The fourth-order valence-electron chi connectivity index (χ4n) is 3.16. The second-order valence-corrected chi connectivity index (χ2v) is 8.98. The molecule has 4 rings (SSSR count). The summed E-state index contributed by atoms with van der Waals surface area (Å²) in [4.78, 5) is 37.9. The molecular weight excluding hydrogens is 505 g/mol. The number of rotatable bonds is 7. The number of benzene rings is 1. The van der Waals surface area contributed by atoms with Gasteiger partial charge >= 0.3 is 6.18 Å². The highest BCUT2D eigenvalue weighted by Gasteiger charge is 2.33. The average Bonchev–Trinajstić information content (AvgIpc) is 3.52. The Kier molecular flexibility index (Phi) is 6.94. The quantitative estimate of drug-likeness (QED) is 0.305. The van der Waals surface area contributed by atoms with Crippen molar-refractivity contribution in [1.29, 1.82) is 0 Å². The van der Waals surface area contributed by atoms with Gasteiger partial charge in [-0.25, -0.2) is 15.0 Å². The first kappa shape index (κ1) is 24.5. The van der Waals surface area contributed by atoms with E-state index >= 15 is 0 Å². The highest BCUT2D eigenvalue weighted by Crippen LogP contribution is 2.36. The van der Waals surface area contributed by atoms with E-state index in [1.165, 1.54) is 18.6 Å². The molecule has 0 saturated carbocycles. The lowest BCUT2D eigenvalue weighted by atomic mass is 10.0. The van der Waals surface area contributed by atoms with E-state index in [1.54, 1.807) is 25.4 Å². The van der Waals surface area contributed by atoms with Crippen molar-refractivity contribution in [2.75, 3.05) is 5.32 Å². The van der Waals surface area contributed by atoms with Gasteiger partial charge in [-0.2, -0.15) is 18.3 Å². The number of hydrogen-bond donors (Lipinski definition) is 2. The van der Waals surface area contributed by atoms with Crippen LogP contribution in [0.15, 0.2) is 49.2 Å². The molecule has 1 unspecified atom stereocenters. The van der Waals surface area contributed by atoms with Crippen LogP contribution in [0, 0.1) is 0 Å². The summed E-state index contributed by atoms with van der Waals surface area (Å²) >= 11 is 6.66. The van der Waals surface area contributed by atoms with Crippen molar-refractivity contribution in [2.45, 2.75) is 25.4 Å². The van der Waals surface area contributed by atoms with Gasteiger partial charge in [0, 0.05) is 29.8 Å². The zero-order chi connectivity index (χ0) is 25.2. The van der Waals surface area contributed by atoms with Gasteiger partial charge in [-0.3, -0.25) is 14.7 Å². The van der Waals surface area contributed by atoms with Crippen molar-refractivity contribution < 1.29 is 22.8 Å². The molecule has 0 spiro atoms. The van der Waals surface area contributed by atoms with Crippen LogP contribution >= 0.6 is 22.9 Å². The first-order valence-corrected chi connectivity index (χ1v) is 11.3. The van der Waals surface area contributed by atoms with E-state index in [1.807, 2.05) is 0 Å². The molecule has 4 aromatic rings. The second-order valence-electron chi connectivity index (χ2n) is 7.51. The first-order valence-electron chi connectivity index (χ1n) is 10.1. The molecule has 1 amide bonds.